The first-order chi connectivity index (χ1) is 10.7. The number of aromatic nitrogens is 2. The number of aryl methyl sites for hydroxylation is 1. The second-order valence-corrected chi connectivity index (χ2v) is 6.61. The molecule has 2 aliphatic rings. The molecule has 0 radical (unpaired) electrons. The van der Waals surface area contributed by atoms with Gasteiger partial charge in [-0.2, -0.15) is 0 Å². The van der Waals surface area contributed by atoms with Crippen LogP contribution in [0.1, 0.15) is 31.5 Å². The average molecular weight is 298 g/mol. The van der Waals surface area contributed by atoms with E-state index in [0.717, 1.165) is 29.7 Å². The van der Waals surface area contributed by atoms with Gasteiger partial charge >= 0.3 is 0 Å². The number of rotatable bonds is 3. The van der Waals surface area contributed by atoms with Crippen molar-refractivity contribution in [2.75, 3.05) is 0 Å². The lowest BCUT2D eigenvalue weighted by Gasteiger charge is -2.29. The molecule has 2 atom stereocenters. The number of para-hydroxylation sites is 2. The third-order valence-corrected chi connectivity index (χ3v) is 4.99. The van der Waals surface area contributed by atoms with Crippen LogP contribution >= 0.6 is 0 Å². The number of nitrogens with one attached hydrogen (secondary N) is 2. The van der Waals surface area contributed by atoms with Gasteiger partial charge in [0.1, 0.15) is 12.4 Å². The maximum absolute atomic E-state index is 12.4. The van der Waals surface area contributed by atoms with E-state index < -0.39 is 0 Å². The van der Waals surface area contributed by atoms with Crippen LogP contribution in [0.2, 0.25) is 0 Å². The van der Waals surface area contributed by atoms with Gasteiger partial charge in [0.05, 0.1) is 11.0 Å². The van der Waals surface area contributed by atoms with Crippen molar-refractivity contribution >= 4 is 16.9 Å². The molecular weight excluding hydrogens is 276 g/mol. The normalized spacial score (nSPS) is 27.2. The van der Waals surface area contributed by atoms with E-state index in [1.165, 1.54) is 12.8 Å². The first-order valence-electron chi connectivity index (χ1n) is 8.16. The van der Waals surface area contributed by atoms with E-state index in [-0.39, 0.29) is 5.91 Å². The SMILES string of the molecule is Cc1nc2ccccc2n1CC(=O)NC1CC2CCC(C1)N2. The lowest BCUT2D eigenvalue weighted by atomic mass is 10.00. The van der Waals surface area contributed by atoms with E-state index in [1.807, 2.05) is 35.8 Å². The summed E-state index contributed by atoms with van der Waals surface area (Å²) in [6, 6.07) is 9.49. The van der Waals surface area contributed by atoms with E-state index in [2.05, 4.69) is 15.6 Å². The Morgan fingerprint density at radius 1 is 1.32 bits per heavy atom. The van der Waals surface area contributed by atoms with Crippen molar-refractivity contribution in [2.24, 2.45) is 0 Å². The molecule has 1 aromatic heterocycles. The molecule has 2 aromatic rings. The summed E-state index contributed by atoms with van der Waals surface area (Å²) >= 11 is 0. The van der Waals surface area contributed by atoms with Gasteiger partial charge in [0.2, 0.25) is 5.91 Å². The molecule has 0 aliphatic carbocycles. The van der Waals surface area contributed by atoms with Gasteiger partial charge in [-0.25, -0.2) is 4.98 Å². The molecule has 3 heterocycles. The number of fused-ring (bicyclic) bond motifs is 3. The summed E-state index contributed by atoms with van der Waals surface area (Å²) in [5, 5.41) is 6.83. The van der Waals surface area contributed by atoms with Gasteiger partial charge in [0.25, 0.3) is 0 Å². The Bertz CT molecular complexity index is 696. The fourth-order valence-electron chi connectivity index (χ4n) is 3.99. The van der Waals surface area contributed by atoms with Crippen LogP contribution in [-0.4, -0.2) is 33.6 Å². The standard InChI is InChI=1S/C17H22N4O/c1-11-18-15-4-2-3-5-16(15)21(11)10-17(22)20-14-8-12-6-7-13(9-14)19-12/h2-5,12-14,19H,6-10H2,1H3,(H,20,22). The number of piperidine rings is 1. The van der Waals surface area contributed by atoms with Crippen LogP contribution in [0.5, 0.6) is 0 Å². The molecule has 5 nitrogen and oxygen atoms in total. The van der Waals surface area contributed by atoms with Crippen LogP contribution in [0.3, 0.4) is 0 Å². The van der Waals surface area contributed by atoms with Crippen molar-refractivity contribution in [2.45, 2.75) is 57.3 Å². The van der Waals surface area contributed by atoms with Crippen LogP contribution in [0.15, 0.2) is 24.3 Å². The number of carbonyl (C=O) groups excluding carboxylic acids is 1. The quantitative estimate of drug-likeness (QED) is 0.907. The molecule has 1 aromatic carbocycles. The van der Waals surface area contributed by atoms with Crippen molar-refractivity contribution in [1.29, 1.82) is 0 Å². The van der Waals surface area contributed by atoms with E-state index in [9.17, 15) is 4.79 Å². The van der Waals surface area contributed by atoms with E-state index in [1.54, 1.807) is 0 Å². The second kappa shape index (κ2) is 5.39. The maximum Gasteiger partial charge on any atom is 0.240 e. The predicted molar refractivity (Wildman–Crippen MR) is 85.6 cm³/mol. The molecule has 22 heavy (non-hydrogen) atoms. The number of hydrogen-bond acceptors (Lipinski definition) is 3. The minimum absolute atomic E-state index is 0.0950. The molecule has 0 spiro atoms. The summed E-state index contributed by atoms with van der Waals surface area (Å²) in [5.41, 5.74) is 1.98. The molecular formula is C17H22N4O. The smallest absolute Gasteiger partial charge is 0.240 e. The molecule has 1 amide bonds. The predicted octanol–water partition coefficient (Wildman–Crippen LogP) is 1.74. The number of nitrogens with zero attached hydrogens (tertiary/aromatic N) is 2. The Kier molecular flexibility index (Phi) is 3.37. The van der Waals surface area contributed by atoms with Gasteiger partial charge in [-0.15, -0.1) is 0 Å². The summed E-state index contributed by atoms with van der Waals surface area (Å²) in [5.74, 6) is 0.985. The number of carbonyl (C=O) groups is 1. The molecule has 5 heteroatoms. The lowest BCUT2D eigenvalue weighted by Crippen LogP contribution is -2.48. The van der Waals surface area contributed by atoms with Crippen molar-refractivity contribution in [3.8, 4) is 0 Å². The van der Waals surface area contributed by atoms with Crippen molar-refractivity contribution < 1.29 is 4.79 Å². The lowest BCUT2D eigenvalue weighted by molar-refractivity contribution is -0.122. The van der Waals surface area contributed by atoms with Crippen molar-refractivity contribution in [3.05, 3.63) is 30.1 Å². The highest BCUT2D eigenvalue weighted by molar-refractivity contribution is 5.81. The Labute approximate surface area is 130 Å². The minimum Gasteiger partial charge on any atom is -0.352 e. The number of hydrogen-bond donors (Lipinski definition) is 2. The zero-order valence-electron chi connectivity index (χ0n) is 12.9. The Hall–Kier alpha value is -1.88. The molecule has 2 unspecified atom stereocenters. The fourth-order valence-corrected chi connectivity index (χ4v) is 3.99. The molecule has 2 saturated heterocycles. The number of benzene rings is 1. The van der Waals surface area contributed by atoms with Gasteiger partial charge in [0, 0.05) is 18.1 Å². The zero-order chi connectivity index (χ0) is 15.1. The Balaban J connectivity index is 1.46. The molecule has 2 fully saturated rings. The van der Waals surface area contributed by atoms with Crippen molar-refractivity contribution in [3.63, 3.8) is 0 Å². The Morgan fingerprint density at radius 3 is 2.82 bits per heavy atom. The topological polar surface area (TPSA) is 59.0 Å². The first kappa shape index (κ1) is 13.8. The van der Waals surface area contributed by atoms with Crippen LogP contribution < -0.4 is 10.6 Å². The largest absolute Gasteiger partial charge is 0.352 e. The van der Waals surface area contributed by atoms with Crippen LogP contribution in [0.25, 0.3) is 11.0 Å². The number of imidazole rings is 1. The molecule has 2 aliphatic heterocycles. The van der Waals surface area contributed by atoms with E-state index in [4.69, 9.17) is 0 Å². The van der Waals surface area contributed by atoms with Crippen LogP contribution in [-0.2, 0) is 11.3 Å². The third kappa shape index (κ3) is 2.50. The average Bonchev–Trinajstić information content (AvgIpc) is 2.99. The molecule has 116 valence electrons. The third-order valence-electron chi connectivity index (χ3n) is 4.99. The summed E-state index contributed by atoms with van der Waals surface area (Å²) in [7, 11) is 0. The highest BCUT2D eigenvalue weighted by atomic mass is 16.2. The van der Waals surface area contributed by atoms with Crippen LogP contribution in [0, 0.1) is 6.92 Å². The van der Waals surface area contributed by atoms with E-state index in [0.29, 0.717) is 24.7 Å². The zero-order valence-corrected chi connectivity index (χ0v) is 12.9. The number of amides is 1. The van der Waals surface area contributed by atoms with Gasteiger partial charge in [0.15, 0.2) is 0 Å². The summed E-state index contributed by atoms with van der Waals surface area (Å²) in [4.78, 5) is 16.9. The Morgan fingerprint density at radius 2 is 2.05 bits per heavy atom. The van der Waals surface area contributed by atoms with Gasteiger partial charge < -0.3 is 15.2 Å². The van der Waals surface area contributed by atoms with Crippen molar-refractivity contribution in [1.82, 2.24) is 20.2 Å². The summed E-state index contributed by atoms with van der Waals surface area (Å²) in [6.07, 6.45) is 4.63. The van der Waals surface area contributed by atoms with Gasteiger partial charge in [-0.1, -0.05) is 12.1 Å². The summed E-state index contributed by atoms with van der Waals surface area (Å²) < 4.78 is 2.00. The molecule has 0 saturated carbocycles. The summed E-state index contributed by atoms with van der Waals surface area (Å²) in [6.45, 7) is 2.31. The highest BCUT2D eigenvalue weighted by Gasteiger charge is 2.33. The minimum atomic E-state index is 0.0950. The second-order valence-electron chi connectivity index (χ2n) is 6.61. The molecule has 2 N–H and O–H groups in total. The van der Waals surface area contributed by atoms with E-state index >= 15 is 0 Å². The fraction of sp³-hybridized carbons (Fsp3) is 0.529. The molecule has 2 bridgehead atoms. The monoisotopic (exact) mass is 298 g/mol. The van der Waals surface area contributed by atoms with Crippen LogP contribution in [0.4, 0.5) is 0 Å². The first-order valence-corrected chi connectivity index (χ1v) is 8.16. The highest BCUT2D eigenvalue weighted by Crippen LogP contribution is 2.26. The maximum atomic E-state index is 12.4. The molecule has 4 rings (SSSR count). The van der Waals surface area contributed by atoms with Gasteiger partial charge in [-0.3, -0.25) is 4.79 Å². The van der Waals surface area contributed by atoms with Gasteiger partial charge in [-0.05, 0) is 44.7 Å².